The zero-order valence-corrected chi connectivity index (χ0v) is 16.6. The van der Waals surface area contributed by atoms with Gasteiger partial charge in [-0.15, -0.1) is 0 Å². The molecule has 1 amide bonds. The van der Waals surface area contributed by atoms with Crippen molar-refractivity contribution in [3.05, 3.63) is 40.8 Å². The topological polar surface area (TPSA) is 92.7 Å². The summed E-state index contributed by atoms with van der Waals surface area (Å²) in [5.74, 6) is 1.66. The molecule has 0 bridgehead atoms. The molecule has 3 aromatic heterocycles. The summed E-state index contributed by atoms with van der Waals surface area (Å²) in [5, 5.41) is 8.14. The average Bonchev–Trinajstić information content (AvgIpc) is 3.31. The van der Waals surface area contributed by atoms with Crippen LogP contribution in [0.4, 0.5) is 0 Å². The summed E-state index contributed by atoms with van der Waals surface area (Å²) in [6.07, 6.45) is 2.64. The molecule has 3 aromatic rings. The van der Waals surface area contributed by atoms with Crippen LogP contribution in [0.3, 0.4) is 0 Å². The van der Waals surface area contributed by atoms with Gasteiger partial charge in [0.1, 0.15) is 6.33 Å². The summed E-state index contributed by atoms with van der Waals surface area (Å²) in [6.45, 7) is 9.79. The van der Waals surface area contributed by atoms with Gasteiger partial charge in [0.15, 0.2) is 5.76 Å². The van der Waals surface area contributed by atoms with E-state index in [2.05, 4.69) is 25.1 Å². The lowest BCUT2D eigenvalue weighted by atomic mass is 10.1. The van der Waals surface area contributed by atoms with E-state index in [1.807, 2.05) is 31.7 Å². The molecule has 1 aliphatic heterocycles. The number of aromatic nitrogens is 5. The maximum Gasteiger partial charge on any atom is 0.252 e. The Morgan fingerprint density at radius 3 is 2.68 bits per heavy atom. The molecule has 1 saturated heterocycles. The van der Waals surface area contributed by atoms with Crippen LogP contribution in [0.1, 0.15) is 34.8 Å². The molecule has 0 N–H and O–H groups in total. The van der Waals surface area contributed by atoms with Gasteiger partial charge in [-0.25, -0.2) is 9.50 Å². The molecule has 0 radical (unpaired) electrons. The predicted molar refractivity (Wildman–Crippen MR) is 102 cm³/mol. The van der Waals surface area contributed by atoms with E-state index in [4.69, 9.17) is 4.52 Å². The Balaban J connectivity index is 1.31. The van der Waals surface area contributed by atoms with Crippen molar-refractivity contribution >= 4 is 11.7 Å². The SMILES string of the molecule is Cc1cc(CN2CCN(C(=O)CCc3c(C)nc4ncnn4c3C)CC2)on1. The van der Waals surface area contributed by atoms with Gasteiger partial charge in [0.05, 0.1) is 12.2 Å². The van der Waals surface area contributed by atoms with Crippen molar-refractivity contribution in [2.75, 3.05) is 26.2 Å². The highest BCUT2D eigenvalue weighted by Crippen LogP contribution is 2.16. The minimum absolute atomic E-state index is 0.188. The van der Waals surface area contributed by atoms with Crippen LogP contribution in [0.5, 0.6) is 0 Å². The monoisotopic (exact) mass is 383 g/mol. The molecule has 0 unspecified atom stereocenters. The summed E-state index contributed by atoms with van der Waals surface area (Å²) in [5.41, 5.74) is 3.89. The minimum atomic E-state index is 0.188. The number of hydrogen-bond donors (Lipinski definition) is 0. The standard InChI is InChI=1S/C19H25N7O2/c1-13-10-16(28-23-13)11-24-6-8-25(9-7-24)18(27)5-4-17-14(2)22-19-20-12-21-26(19)15(17)3/h10,12H,4-9,11H2,1-3H3. The van der Waals surface area contributed by atoms with Gasteiger partial charge in [-0.2, -0.15) is 10.1 Å². The van der Waals surface area contributed by atoms with Crippen LogP contribution in [0.2, 0.25) is 0 Å². The molecule has 9 nitrogen and oxygen atoms in total. The second kappa shape index (κ2) is 7.67. The Morgan fingerprint density at radius 1 is 1.18 bits per heavy atom. The fourth-order valence-corrected chi connectivity index (χ4v) is 3.77. The zero-order valence-electron chi connectivity index (χ0n) is 16.6. The molecule has 4 rings (SSSR count). The second-order valence-corrected chi connectivity index (χ2v) is 7.32. The van der Waals surface area contributed by atoms with E-state index in [9.17, 15) is 4.79 Å². The molecule has 28 heavy (non-hydrogen) atoms. The number of amides is 1. The highest BCUT2D eigenvalue weighted by Gasteiger charge is 2.22. The maximum absolute atomic E-state index is 12.7. The molecule has 0 aliphatic carbocycles. The number of carbonyl (C=O) groups is 1. The molecular weight excluding hydrogens is 358 g/mol. The summed E-state index contributed by atoms with van der Waals surface area (Å²) in [4.78, 5) is 25.6. The van der Waals surface area contributed by atoms with Crippen molar-refractivity contribution in [3.63, 3.8) is 0 Å². The quantitative estimate of drug-likeness (QED) is 0.656. The lowest BCUT2D eigenvalue weighted by Gasteiger charge is -2.34. The zero-order chi connectivity index (χ0) is 19.7. The van der Waals surface area contributed by atoms with Crippen LogP contribution in [-0.4, -0.2) is 66.6 Å². The Kier molecular flexibility index (Phi) is 5.08. The van der Waals surface area contributed by atoms with E-state index >= 15 is 0 Å². The van der Waals surface area contributed by atoms with Crippen LogP contribution in [0, 0.1) is 20.8 Å². The number of piperazine rings is 1. The third-order valence-electron chi connectivity index (χ3n) is 5.36. The average molecular weight is 383 g/mol. The summed E-state index contributed by atoms with van der Waals surface area (Å²) < 4.78 is 7.02. The Hall–Kier alpha value is -2.81. The second-order valence-electron chi connectivity index (χ2n) is 7.32. The third kappa shape index (κ3) is 3.75. The number of carbonyl (C=O) groups excluding carboxylic acids is 1. The molecule has 0 saturated carbocycles. The highest BCUT2D eigenvalue weighted by atomic mass is 16.5. The Bertz CT molecular complexity index is 985. The molecular formula is C19H25N7O2. The van der Waals surface area contributed by atoms with Gasteiger partial charge in [-0.05, 0) is 32.8 Å². The van der Waals surface area contributed by atoms with E-state index in [0.29, 0.717) is 18.6 Å². The van der Waals surface area contributed by atoms with Gasteiger partial charge in [0, 0.05) is 50.1 Å². The molecule has 9 heteroatoms. The van der Waals surface area contributed by atoms with E-state index in [-0.39, 0.29) is 5.91 Å². The van der Waals surface area contributed by atoms with Crippen molar-refractivity contribution in [3.8, 4) is 0 Å². The lowest BCUT2D eigenvalue weighted by Crippen LogP contribution is -2.48. The number of rotatable bonds is 5. The van der Waals surface area contributed by atoms with E-state index in [1.54, 1.807) is 4.52 Å². The van der Waals surface area contributed by atoms with Gasteiger partial charge in [0.25, 0.3) is 5.78 Å². The van der Waals surface area contributed by atoms with Crippen LogP contribution in [0.15, 0.2) is 16.9 Å². The molecule has 1 aliphatic rings. The van der Waals surface area contributed by atoms with Crippen molar-refractivity contribution in [1.29, 1.82) is 0 Å². The molecule has 0 atom stereocenters. The lowest BCUT2D eigenvalue weighted by molar-refractivity contribution is -0.133. The van der Waals surface area contributed by atoms with Crippen molar-refractivity contribution in [2.45, 2.75) is 40.2 Å². The van der Waals surface area contributed by atoms with Gasteiger partial charge >= 0.3 is 0 Å². The highest BCUT2D eigenvalue weighted by molar-refractivity contribution is 5.76. The minimum Gasteiger partial charge on any atom is -0.360 e. The van der Waals surface area contributed by atoms with E-state index < -0.39 is 0 Å². The molecule has 148 valence electrons. The van der Waals surface area contributed by atoms with Crippen LogP contribution in [-0.2, 0) is 17.8 Å². The van der Waals surface area contributed by atoms with E-state index in [1.165, 1.54) is 6.33 Å². The fourth-order valence-electron chi connectivity index (χ4n) is 3.77. The molecule has 0 spiro atoms. The summed E-state index contributed by atoms with van der Waals surface area (Å²) in [7, 11) is 0. The van der Waals surface area contributed by atoms with Crippen molar-refractivity contribution in [1.82, 2.24) is 34.5 Å². The van der Waals surface area contributed by atoms with Crippen LogP contribution >= 0.6 is 0 Å². The normalized spacial score (nSPS) is 15.5. The van der Waals surface area contributed by atoms with Gasteiger partial charge in [-0.3, -0.25) is 9.69 Å². The smallest absolute Gasteiger partial charge is 0.252 e. The van der Waals surface area contributed by atoms with Crippen LogP contribution < -0.4 is 0 Å². The summed E-state index contributed by atoms with van der Waals surface area (Å²) in [6, 6.07) is 1.96. The van der Waals surface area contributed by atoms with Crippen molar-refractivity contribution < 1.29 is 9.32 Å². The van der Waals surface area contributed by atoms with Gasteiger partial charge in [-0.1, -0.05) is 5.16 Å². The number of aryl methyl sites for hydroxylation is 3. The number of hydrogen-bond acceptors (Lipinski definition) is 7. The molecule has 0 aromatic carbocycles. The third-order valence-corrected chi connectivity index (χ3v) is 5.36. The first kappa shape index (κ1) is 18.5. The van der Waals surface area contributed by atoms with Gasteiger partial charge in [0.2, 0.25) is 5.91 Å². The first-order valence-electron chi connectivity index (χ1n) is 9.59. The predicted octanol–water partition coefficient (Wildman–Crippen LogP) is 1.31. The molecule has 4 heterocycles. The first-order chi connectivity index (χ1) is 13.5. The van der Waals surface area contributed by atoms with Crippen LogP contribution in [0.25, 0.3) is 5.78 Å². The Morgan fingerprint density at radius 2 is 1.96 bits per heavy atom. The maximum atomic E-state index is 12.7. The largest absolute Gasteiger partial charge is 0.360 e. The van der Waals surface area contributed by atoms with Gasteiger partial charge < -0.3 is 9.42 Å². The Labute approximate surface area is 163 Å². The number of fused-ring (bicyclic) bond motifs is 1. The summed E-state index contributed by atoms with van der Waals surface area (Å²) >= 11 is 0. The fraction of sp³-hybridized carbons (Fsp3) is 0.526. The van der Waals surface area contributed by atoms with Crippen molar-refractivity contribution in [2.24, 2.45) is 0 Å². The number of nitrogens with zero attached hydrogens (tertiary/aromatic N) is 7. The first-order valence-corrected chi connectivity index (χ1v) is 9.59. The van der Waals surface area contributed by atoms with E-state index in [0.717, 1.165) is 61.1 Å². The molecule has 1 fully saturated rings.